The molecule has 16 heavy (non-hydrogen) atoms. The molecule has 3 nitrogen and oxygen atoms in total. The van der Waals surface area contributed by atoms with Gasteiger partial charge in [-0.1, -0.05) is 13.3 Å². The molecule has 1 fully saturated rings. The maximum absolute atomic E-state index is 4.48. The van der Waals surface area contributed by atoms with Crippen molar-refractivity contribution in [2.24, 2.45) is 13.0 Å². The third-order valence-electron chi connectivity index (χ3n) is 3.91. The summed E-state index contributed by atoms with van der Waals surface area (Å²) in [7, 11) is 2.02. The Hall–Kier alpha value is -0.830. The van der Waals surface area contributed by atoms with E-state index in [4.69, 9.17) is 0 Å². The monoisotopic (exact) mass is 221 g/mol. The summed E-state index contributed by atoms with van der Waals surface area (Å²) in [6, 6.07) is 1.16. The summed E-state index contributed by atoms with van der Waals surface area (Å²) in [4.78, 5) is 0. The van der Waals surface area contributed by atoms with E-state index >= 15 is 0 Å². The Morgan fingerprint density at radius 1 is 1.50 bits per heavy atom. The van der Waals surface area contributed by atoms with Crippen LogP contribution in [0, 0.1) is 19.8 Å². The van der Waals surface area contributed by atoms with E-state index in [9.17, 15) is 0 Å². The van der Waals surface area contributed by atoms with Crippen LogP contribution < -0.4 is 5.32 Å². The molecule has 90 valence electrons. The molecule has 1 aromatic rings. The number of aryl methyl sites for hydroxylation is 2. The first kappa shape index (κ1) is 11.6. The van der Waals surface area contributed by atoms with Crippen molar-refractivity contribution >= 4 is 0 Å². The molecule has 0 saturated heterocycles. The number of nitrogens with one attached hydrogen (secondary N) is 1. The summed E-state index contributed by atoms with van der Waals surface area (Å²) in [6.45, 7) is 8.78. The molecular weight excluding hydrogens is 198 g/mol. The highest BCUT2D eigenvalue weighted by molar-refractivity contribution is 5.28. The molecule has 3 unspecified atom stereocenters. The Bertz CT molecular complexity index is 381. The zero-order chi connectivity index (χ0) is 11.9. The Morgan fingerprint density at radius 2 is 2.19 bits per heavy atom. The van der Waals surface area contributed by atoms with Gasteiger partial charge in [-0.05, 0) is 33.1 Å². The van der Waals surface area contributed by atoms with Gasteiger partial charge in [0.05, 0.1) is 5.69 Å². The summed E-state index contributed by atoms with van der Waals surface area (Å²) >= 11 is 0. The highest BCUT2D eigenvalue weighted by Gasteiger charge is 2.36. The molecule has 0 aromatic carbocycles. The number of nitrogens with zero attached hydrogens (tertiary/aromatic N) is 2. The SMILES string of the molecule is CCC1CC1NC(C)c1c(C)nn(C)c1C. The van der Waals surface area contributed by atoms with E-state index < -0.39 is 0 Å². The molecule has 1 heterocycles. The second kappa shape index (κ2) is 4.21. The first-order chi connectivity index (χ1) is 7.54. The summed E-state index contributed by atoms with van der Waals surface area (Å²) < 4.78 is 1.98. The van der Waals surface area contributed by atoms with Crippen LogP contribution >= 0.6 is 0 Å². The second-order valence-electron chi connectivity index (χ2n) is 5.11. The minimum atomic E-state index is 0.426. The standard InChI is InChI=1S/C13H23N3/c1-6-11-7-12(11)14-8(2)13-9(3)15-16(5)10(13)4/h8,11-12,14H,6-7H2,1-5H3. The molecule has 0 radical (unpaired) electrons. The molecule has 1 aromatic heterocycles. The fourth-order valence-electron chi connectivity index (χ4n) is 2.72. The van der Waals surface area contributed by atoms with Crippen molar-refractivity contribution in [3.05, 3.63) is 17.0 Å². The van der Waals surface area contributed by atoms with E-state index in [1.54, 1.807) is 0 Å². The molecule has 2 rings (SSSR count). The largest absolute Gasteiger partial charge is 0.307 e. The van der Waals surface area contributed by atoms with E-state index in [-0.39, 0.29) is 0 Å². The molecule has 1 aliphatic carbocycles. The van der Waals surface area contributed by atoms with Gasteiger partial charge in [0.15, 0.2) is 0 Å². The van der Waals surface area contributed by atoms with Gasteiger partial charge >= 0.3 is 0 Å². The van der Waals surface area contributed by atoms with Crippen LogP contribution in [0.4, 0.5) is 0 Å². The number of hydrogen-bond acceptors (Lipinski definition) is 2. The third kappa shape index (κ3) is 2.01. The summed E-state index contributed by atoms with van der Waals surface area (Å²) in [5.41, 5.74) is 3.82. The zero-order valence-corrected chi connectivity index (χ0v) is 11.0. The molecular formula is C13H23N3. The zero-order valence-electron chi connectivity index (χ0n) is 11.0. The van der Waals surface area contributed by atoms with Crippen LogP contribution in [0.5, 0.6) is 0 Å². The van der Waals surface area contributed by atoms with Gasteiger partial charge in [-0.2, -0.15) is 5.10 Å². The Labute approximate surface area is 98.2 Å². The Balaban J connectivity index is 2.06. The Kier molecular flexibility index (Phi) is 3.06. The van der Waals surface area contributed by atoms with Crippen molar-refractivity contribution in [2.45, 2.75) is 52.6 Å². The number of aromatic nitrogens is 2. The van der Waals surface area contributed by atoms with Gasteiger partial charge in [-0.15, -0.1) is 0 Å². The quantitative estimate of drug-likeness (QED) is 0.846. The molecule has 0 amide bonds. The van der Waals surface area contributed by atoms with Crippen molar-refractivity contribution in [2.75, 3.05) is 0 Å². The predicted molar refractivity (Wildman–Crippen MR) is 66.4 cm³/mol. The normalized spacial score (nSPS) is 25.8. The minimum Gasteiger partial charge on any atom is -0.307 e. The van der Waals surface area contributed by atoms with Gasteiger partial charge in [-0.25, -0.2) is 0 Å². The maximum atomic E-state index is 4.48. The molecule has 0 spiro atoms. The number of rotatable bonds is 4. The topological polar surface area (TPSA) is 29.9 Å². The van der Waals surface area contributed by atoms with Crippen molar-refractivity contribution in [1.82, 2.24) is 15.1 Å². The minimum absolute atomic E-state index is 0.426. The highest BCUT2D eigenvalue weighted by atomic mass is 15.3. The van der Waals surface area contributed by atoms with E-state index in [2.05, 4.69) is 38.1 Å². The van der Waals surface area contributed by atoms with Crippen molar-refractivity contribution in [3.63, 3.8) is 0 Å². The van der Waals surface area contributed by atoms with Gasteiger partial charge in [0, 0.05) is 30.4 Å². The lowest BCUT2D eigenvalue weighted by Crippen LogP contribution is -2.23. The third-order valence-corrected chi connectivity index (χ3v) is 3.91. The first-order valence-corrected chi connectivity index (χ1v) is 6.30. The maximum Gasteiger partial charge on any atom is 0.0644 e. The smallest absolute Gasteiger partial charge is 0.0644 e. The molecule has 3 heteroatoms. The van der Waals surface area contributed by atoms with E-state index in [0.29, 0.717) is 6.04 Å². The van der Waals surface area contributed by atoms with Gasteiger partial charge in [-0.3, -0.25) is 4.68 Å². The van der Waals surface area contributed by atoms with E-state index in [1.165, 1.54) is 24.1 Å². The van der Waals surface area contributed by atoms with Crippen molar-refractivity contribution in [1.29, 1.82) is 0 Å². The van der Waals surface area contributed by atoms with Crippen LogP contribution in [0.2, 0.25) is 0 Å². The van der Waals surface area contributed by atoms with Crippen LogP contribution in [-0.4, -0.2) is 15.8 Å². The lowest BCUT2D eigenvalue weighted by atomic mass is 10.1. The fourth-order valence-corrected chi connectivity index (χ4v) is 2.72. The van der Waals surface area contributed by atoms with Gasteiger partial charge in [0.25, 0.3) is 0 Å². The number of hydrogen-bond donors (Lipinski definition) is 1. The molecule has 3 atom stereocenters. The summed E-state index contributed by atoms with van der Waals surface area (Å²) in [5, 5.41) is 8.19. The predicted octanol–water partition coefficient (Wildman–Crippen LogP) is 2.49. The van der Waals surface area contributed by atoms with Crippen LogP contribution in [0.15, 0.2) is 0 Å². The lowest BCUT2D eigenvalue weighted by Gasteiger charge is -2.14. The van der Waals surface area contributed by atoms with Crippen LogP contribution in [0.1, 0.15) is 49.7 Å². The first-order valence-electron chi connectivity index (χ1n) is 6.30. The average molecular weight is 221 g/mol. The Morgan fingerprint density at radius 3 is 2.62 bits per heavy atom. The average Bonchev–Trinajstić information content (AvgIpc) is 2.90. The fraction of sp³-hybridized carbons (Fsp3) is 0.769. The highest BCUT2D eigenvalue weighted by Crippen LogP contribution is 2.35. The van der Waals surface area contributed by atoms with Crippen LogP contribution in [0.25, 0.3) is 0 Å². The van der Waals surface area contributed by atoms with Gasteiger partial charge in [0.2, 0.25) is 0 Å². The van der Waals surface area contributed by atoms with Gasteiger partial charge < -0.3 is 5.32 Å². The molecule has 0 bridgehead atoms. The van der Waals surface area contributed by atoms with E-state index in [0.717, 1.165) is 17.7 Å². The molecule has 1 N–H and O–H groups in total. The van der Waals surface area contributed by atoms with Crippen molar-refractivity contribution < 1.29 is 0 Å². The summed E-state index contributed by atoms with van der Waals surface area (Å²) in [6.07, 6.45) is 2.65. The molecule has 1 saturated carbocycles. The van der Waals surface area contributed by atoms with Crippen LogP contribution in [0.3, 0.4) is 0 Å². The molecule has 1 aliphatic rings. The lowest BCUT2D eigenvalue weighted by molar-refractivity contribution is 0.535. The summed E-state index contributed by atoms with van der Waals surface area (Å²) in [5.74, 6) is 0.903. The van der Waals surface area contributed by atoms with Gasteiger partial charge in [0.1, 0.15) is 0 Å². The van der Waals surface area contributed by atoms with E-state index in [1.807, 2.05) is 11.7 Å². The second-order valence-corrected chi connectivity index (χ2v) is 5.11. The molecule has 0 aliphatic heterocycles. The van der Waals surface area contributed by atoms with Crippen molar-refractivity contribution in [3.8, 4) is 0 Å². The van der Waals surface area contributed by atoms with Crippen LogP contribution in [-0.2, 0) is 7.05 Å².